The Morgan fingerprint density at radius 1 is 0.960 bits per heavy atom. The Morgan fingerprint density at radius 2 is 1.52 bits per heavy atom. The van der Waals surface area contributed by atoms with Gasteiger partial charge in [-0.05, 0) is 68.3 Å². The number of unbranched alkanes of at least 4 members (excludes halogenated alkanes) is 1. The third-order valence-electron chi connectivity index (χ3n) is 6.64. The standard InChI is InChI=1S/C23H36FN/c1-2-3-7-19-10-14-21(15-11-19)22-16-12-20(13-17-22)8-5-4-6-9-23(24)18-25/h4,6,9,19-22H,2-3,5,7-8,10-17H2,1H3/t19-,20-,21-,22-. The van der Waals surface area contributed by atoms with Gasteiger partial charge in [0.1, 0.15) is 6.07 Å². The van der Waals surface area contributed by atoms with E-state index >= 15 is 0 Å². The quantitative estimate of drug-likeness (QED) is 0.330. The summed E-state index contributed by atoms with van der Waals surface area (Å²) in [5.74, 6) is 3.18. The van der Waals surface area contributed by atoms with E-state index in [4.69, 9.17) is 5.26 Å². The number of hydrogen-bond donors (Lipinski definition) is 0. The molecule has 2 heteroatoms. The van der Waals surface area contributed by atoms with Crippen molar-refractivity contribution in [3.8, 4) is 6.07 Å². The minimum atomic E-state index is -0.707. The van der Waals surface area contributed by atoms with Crippen LogP contribution in [0.1, 0.15) is 90.4 Å². The zero-order valence-corrected chi connectivity index (χ0v) is 16.1. The fraction of sp³-hybridized carbons (Fsp3) is 0.783. The molecular formula is C23H36FN. The van der Waals surface area contributed by atoms with E-state index in [9.17, 15) is 4.39 Å². The lowest BCUT2D eigenvalue weighted by Crippen LogP contribution is -2.25. The zero-order chi connectivity index (χ0) is 17.9. The average Bonchev–Trinajstić information content (AvgIpc) is 2.67. The number of allylic oxidation sites excluding steroid dienone is 4. The molecule has 0 bridgehead atoms. The van der Waals surface area contributed by atoms with Crippen LogP contribution in [0.4, 0.5) is 4.39 Å². The maximum atomic E-state index is 12.7. The summed E-state index contributed by atoms with van der Waals surface area (Å²) in [6.07, 6.45) is 23.0. The van der Waals surface area contributed by atoms with Crippen LogP contribution in [-0.2, 0) is 0 Å². The SMILES string of the molecule is CCCC[C@H]1CC[C@H]([C@H]2CC[C@H](CCC=CC=C(F)C#N)CC2)CC1. The molecule has 0 saturated heterocycles. The highest BCUT2D eigenvalue weighted by Gasteiger charge is 2.30. The van der Waals surface area contributed by atoms with Crippen LogP contribution in [0, 0.1) is 35.0 Å². The van der Waals surface area contributed by atoms with E-state index in [1.165, 1.54) is 89.2 Å². The lowest BCUT2D eigenvalue weighted by atomic mass is 9.68. The van der Waals surface area contributed by atoms with E-state index in [1.54, 1.807) is 6.08 Å². The Kier molecular flexibility index (Phi) is 9.30. The van der Waals surface area contributed by atoms with E-state index in [0.29, 0.717) is 0 Å². The first-order valence-corrected chi connectivity index (χ1v) is 10.6. The van der Waals surface area contributed by atoms with E-state index in [0.717, 1.165) is 30.1 Å². The third kappa shape index (κ3) is 7.35. The van der Waals surface area contributed by atoms with Gasteiger partial charge in [0.15, 0.2) is 5.83 Å². The molecule has 0 aromatic heterocycles. The van der Waals surface area contributed by atoms with E-state index in [-0.39, 0.29) is 0 Å². The normalized spacial score (nSPS) is 31.2. The first-order chi connectivity index (χ1) is 12.2. The molecule has 0 aromatic rings. The molecule has 0 aromatic carbocycles. The monoisotopic (exact) mass is 345 g/mol. The van der Waals surface area contributed by atoms with Crippen LogP contribution in [0.25, 0.3) is 0 Å². The van der Waals surface area contributed by atoms with Gasteiger partial charge in [-0.2, -0.15) is 9.65 Å². The maximum Gasteiger partial charge on any atom is 0.199 e. The molecule has 0 amide bonds. The second kappa shape index (κ2) is 11.5. The molecular weight excluding hydrogens is 309 g/mol. The lowest BCUT2D eigenvalue weighted by molar-refractivity contribution is 0.141. The van der Waals surface area contributed by atoms with Crippen LogP contribution in [0.15, 0.2) is 24.1 Å². The second-order valence-electron chi connectivity index (χ2n) is 8.34. The Morgan fingerprint density at radius 3 is 2.04 bits per heavy atom. The number of halogens is 1. The van der Waals surface area contributed by atoms with E-state index < -0.39 is 5.83 Å². The van der Waals surface area contributed by atoms with Crippen molar-refractivity contribution in [1.82, 2.24) is 0 Å². The molecule has 25 heavy (non-hydrogen) atoms. The minimum Gasteiger partial charge on any atom is -0.195 e. The maximum absolute atomic E-state index is 12.7. The Bertz CT molecular complexity index is 457. The summed E-state index contributed by atoms with van der Waals surface area (Å²) in [4.78, 5) is 0. The van der Waals surface area contributed by atoms with Crippen LogP contribution < -0.4 is 0 Å². The average molecular weight is 346 g/mol. The molecule has 0 spiro atoms. The minimum absolute atomic E-state index is 0.707. The molecule has 2 saturated carbocycles. The van der Waals surface area contributed by atoms with Gasteiger partial charge in [-0.3, -0.25) is 0 Å². The smallest absolute Gasteiger partial charge is 0.195 e. The summed E-state index contributed by atoms with van der Waals surface area (Å²) in [5, 5.41) is 8.35. The van der Waals surface area contributed by atoms with Gasteiger partial charge in [-0.1, -0.05) is 64.0 Å². The van der Waals surface area contributed by atoms with Crippen LogP contribution >= 0.6 is 0 Å². The summed E-state index contributed by atoms with van der Waals surface area (Å²) in [5.41, 5.74) is 0. The Hall–Kier alpha value is -1.10. The van der Waals surface area contributed by atoms with Crippen molar-refractivity contribution < 1.29 is 4.39 Å². The molecule has 0 N–H and O–H groups in total. The van der Waals surface area contributed by atoms with Crippen LogP contribution in [-0.4, -0.2) is 0 Å². The van der Waals surface area contributed by atoms with E-state index in [1.807, 2.05) is 6.08 Å². The lowest BCUT2D eigenvalue weighted by Gasteiger charge is -2.38. The highest BCUT2D eigenvalue weighted by Crippen LogP contribution is 2.43. The molecule has 1 nitrogen and oxygen atoms in total. The molecule has 2 aliphatic carbocycles. The van der Waals surface area contributed by atoms with Crippen molar-refractivity contribution in [2.75, 3.05) is 0 Å². The highest BCUT2D eigenvalue weighted by atomic mass is 19.1. The van der Waals surface area contributed by atoms with Crippen LogP contribution in [0.5, 0.6) is 0 Å². The third-order valence-corrected chi connectivity index (χ3v) is 6.64. The van der Waals surface area contributed by atoms with Crippen molar-refractivity contribution in [2.45, 2.75) is 90.4 Å². The van der Waals surface area contributed by atoms with Gasteiger partial charge < -0.3 is 0 Å². The fourth-order valence-corrected chi connectivity index (χ4v) is 5.01. The highest BCUT2D eigenvalue weighted by molar-refractivity contribution is 5.18. The number of hydrogen-bond acceptors (Lipinski definition) is 1. The molecule has 2 aliphatic rings. The van der Waals surface area contributed by atoms with Gasteiger partial charge in [0, 0.05) is 0 Å². The molecule has 0 aliphatic heterocycles. The molecule has 0 heterocycles. The van der Waals surface area contributed by atoms with Gasteiger partial charge in [0.2, 0.25) is 0 Å². The van der Waals surface area contributed by atoms with Gasteiger partial charge >= 0.3 is 0 Å². The van der Waals surface area contributed by atoms with Gasteiger partial charge in [-0.25, -0.2) is 0 Å². The largest absolute Gasteiger partial charge is 0.199 e. The van der Waals surface area contributed by atoms with Crippen molar-refractivity contribution in [3.05, 3.63) is 24.1 Å². The molecule has 0 radical (unpaired) electrons. The number of rotatable bonds is 8. The molecule has 140 valence electrons. The molecule has 2 fully saturated rings. The summed E-state index contributed by atoms with van der Waals surface area (Å²) >= 11 is 0. The first-order valence-electron chi connectivity index (χ1n) is 10.6. The van der Waals surface area contributed by atoms with Gasteiger partial charge in [-0.15, -0.1) is 0 Å². The molecule has 2 rings (SSSR count). The van der Waals surface area contributed by atoms with Crippen molar-refractivity contribution >= 4 is 0 Å². The first kappa shape index (κ1) is 20.2. The predicted molar refractivity (Wildman–Crippen MR) is 104 cm³/mol. The predicted octanol–water partition coefficient (Wildman–Crippen LogP) is 7.50. The zero-order valence-electron chi connectivity index (χ0n) is 16.1. The van der Waals surface area contributed by atoms with Gasteiger partial charge in [0.25, 0.3) is 0 Å². The number of nitrogens with zero attached hydrogens (tertiary/aromatic N) is 1. The topological polar surface area (TPSA) is 23.8 Å². The van der Waals surface area contributed by atoms with Crippen molar-refractivity contribution in [1.29, 1.82) is 5.26 Å². The Labute approximate surface area is 154 Å². The number of nitriles is 1. The van der Waals surface area contributed by atoms with E-state index in [2.05, 4.69) is 6.92 Å². The summed E-state index contributed by atoms with van der Waals surface area (Å²) in [6.45, 7) is 2.31. The second-order valence-corrected chi connectivity index (χ2v) is 8.34. The molecule has 0 unspecified atom stereocenters. The summed E-state index contributed by atoms with van der Waals surface area (Å²) in [7, 11) is 0. The van der Waals surface area contributed by atoms with Crippen LogP contribution in [0.2, 0.25) is 0 Å². The molecule has 0 atom stereocenters. The van der Waals surface area contributed by atoms with Crippen molar-refractivity contribution in [2.24, 2.45) is 23.7 Å². The Balaban J connectivity index is 1.60. The summed E-state index contributed by atoms with van der Waals surface area (Å²) in [6, 6.07) is 1.50. The van der Waals surface area contributed by atoms with Gasteiger partial charge in [0.05, 0.1) is 0 Å². The van der Waals surface area contributed by atoms with Crippen LogP contribution in [0.3, 0.4) is 0 Å². The summed E-state index contributed by atoms with van der Waals surface area (Å²) < 4.78 is 12.7. The fourth-order valence-electron chi connectivity index (χ4n) is 5.01. The van der Waals surface area contributed by atoms with Crippen molar-refractivity contribution in [3.63, 3.8) is 0 Å².